The molecule has 0 heterocycles. The van der Waals surface area contributed by atoms with Crippen LogP contribution in [0.4, 0.5) is 5.69 Å². The Bertz CT molecular complexity index is 727. The summed E-state index contributed by atoms with van der Waals surface area (Å²) in [5.74, 6) is -0.407. The Morgan fingerprint density at radius 1 is 1.18 bits per heavy atom. The van der Waals surface area contributed by atoms with E-state index in [9.17, 15) is 9.59 Å². The Labute approximate surface area is 133 Å². The summed E-state index contributed by atoms with van der Waals surface area (Å²) < 4.78 is 5.26. The van der Waals surface area contributed by atoms with Gasteiger partial charge in [0.2, 0.25) is 5.91 Å². The summed E-state index contributed by atoms with van der Waals surface area (Å²) in [6.07, 6.45) is 0. The predicted octanol–water partition coefficient (Wildman–Crippen LogP) is 3.01. The van der Waals surface area contributed by atoms with Crippen molar-refractivity contribution in [1.29, 1.82) is 0 Å². The highest BCUT2D eigenvalue weighted by molar-refractivity contribution is 6.31. The van der Waals surface area contributed by atoms with Gasteiger partial charge in [0, 0.05) is 16.3 Å². The summed E-state index contributed by atoms with van der Waals surface area (Å²) >= 11 is 5.99. The van der Waals surface area contributed by atoms with Gasteiger partial charge in [0.15, 0.2) is 0 Å². The van der Waals surface area contributed by atoms with E-state index in [4.69, 9.17) is 22.1 Å². The molecule has 3 N–H and O–H groups in total. The maximum Gasteiger partial charge on any atom is 0.259 e. The summed E-state index contributed by atoms with van der Waals surface area (Å²) in [6, 6.07) is 9.54. The van der Waals surface area contributed by atoms with Crippen LogP contribution in [0.1, 0.15) is 26.3 Å². The van der Waals surface area contributed by atoms with Crippen molar-refractivity contribution in [3.63, 3.8) is 0 Å². The second kappa shape index (κ2) is 6.49. The summed E-state index contributed by atoms with van der Waals surface area (Å²) in [7, 11) is 1.49. The van der Waals surface area contributed by atoms with Gasteiger partial charge in [-0.3, -0.25) is 9.59 Å². The lowest BCUT2D eigenvalue weighted by Crippen LogP contribution is -2.14. The number of benzene rings is 2. The summed E-state index contributed by atoms with van der Waals surface area (Å²) in [6.45, 7) is 1.81. The number of halogens is 1. The fourth-order valence-corrected chi connectivity index (χ4v) is 2.36. The normalized spacial score (nSPS) is 10.1. The van der Waals surface area contributed by atoms with Gasteiger partial charge in [0.25, 0.3) is 5.91 Å². The zero-order valence-corrected chi connectivity index (χ0v) is 12.9. The first-order valence-corrected chi connectivity index (χ1v) is 6.85. The molecular formula is C16H15ClN2O3. The summed E-state index contributed by atoms with van der Waals surface area (Å²) in [4.78, 5) is 23.4. The third-order valence-electron chi connectivity index (χ3n) is 3.12. The molecule has 0 aliphatic rings. The number of hydrogen-bond donors (Lipinski definition) is 2. The van der Waals surface area contributed by atoms with E-state index >= 15 is 0 Å². The molecule has 6 heteroatoms. The first-order valence-electron chi connectivity index (χ1n) is 6.47. The van der Waals surface area contributed by atoms with Crippen LogP contribution in [0.3, 0.4) is 0 Å². The van der Waals surface area contributed by atoms with E-state index in [1.165, 1.54) is 7.11 Å². The summed E-state index contributed by atoms with van der Waals surface area (Å²) in [5, 5.41) is 3.18. The average Bonchev–Trinajstić information content (AvgIpc) is 2.47. The smallest absolute Gasteiger partial charge is 0.259 e. The van der Waals surface area contributed by atoms with Crippen LogP contribution in [0.5, 0.6) is 5.75 Å². The standard InChI is InChI=1S/C16H15ClN2O3/c1-9-7-11(17)8-13(14(9)22-2)16(21)19-12-5-3-10(4-6-12)15(18)20/h3-8H,1-2H3,(H2,18,20)(H,19,21). The largest absolute Gasteiger partial charge is 0.496 e. The number of primary amides is 1. The first kappa shape index (κ1) is 15.9. The molecule has 2 rings (SSSR count). The van der Waals surface area contributed by atoms with Gasteiger partial charge >= 0.3 is 0 Å². The lowest BCUT2D eigenvalue weighted by Gasteiger charge is -2.12. The topological polar surface area (TPSA) is 81.4 Å². The van der Waals surface area contributed by atoms with E-state index < -0.39 is 5.91 Å². The highest BCUT2D eigenvalue weighted by Gasteiger charge is 2.16. The van der Waals surface area contributed by atoms with Crippen LogP contribution in [0.25, 0.3) is 0 Å². The quantitative estimate of drug-likeness (QED) is 0.909. The second-order valence-electron chi connectivity index (χ2n) is 4.70. The average molecular weight is 319 g/mol. The van der Waals surface area contributed by atoms with Gasteiger partial charge in [-0.1, -0.05) is 11.6 Å². The molecule has 0 aromatic heterocycles. The van der Waals surface area contributed by atoms with Gasteiger partial charge in [0.1, 0.15) is 5.75 Å². The minimum absolute atomic E-state index is 0.339. The molecule has 0 aliphatic heterocycles. The molecule has 5 nitrogen and oxygen atoms in total. The van der Waals surface area contributed by atoms with Crippen LogP contribution < -0.4 is 15.8 Å². The molecule has 0 unspecified atom stereocenters. The van der Waals surface area contributed by atoms with Crippen molar-refractivity contribution in [2.45, 2.75) is 6.92 Å². The number of methoxy groups -OCH3 is 1. The second-order valence-corrected chi connectivity index (χ2v) is 5.14. The van der Waals surface area contributed by atoms with Crippen molar-refractivity contribution in [1.82, 2.24) is 0 Å². The molecule has 0 radical (unpaired) electrons. The molecule has 0 bridgehead atoms. The Kier molecular flexibility index (Phi) is 4.68. The monoisotopic (exact) mass is 318 g/mol. The molecule has 114 valence electrons. The van der Waals surface area contributed by atoms with Crippen LogP contribution in [0, 0.1) is 6.92 Å². The molecule has 0 saturated carbocycles. The van der Waals surface area contributed by atoms with E-state index in [0.29, 0.717) is 27.6 Å². The van der Waals surface area contributed by atoms with Gasteiger partial charge in [0.05, 0.1) is 12.7 Å². The van der Waals surface area contributed by atoms with Crippen LogP contribution in [0.15, 0.2) is 36.4 Å². The van der Waals surface area contributed by atoms with Crippen molar-refractivity contribution in [2.24, 2.45) is 5.73 Å². The lowest BCUT2D eigenvalue weighted by atomic mass is 10.1. The number of rotatable bonds is 4. The minimum Gasteiger partial charge on any atom is -0.496 e. The molecule has 22 heavy (non-hydrogen) atoms. The minimum atomic E-state index is -0.523. The van der Waals surface area contributed by atoms with E-state index in [-0.39, 0.29) is 5.91 Å². The Morgan fingerprint density at radius 3 is 2.36 bits per heavy atom. The van der Waals surface area contributed by atoms with Crippen molar-refractivity contribution in [3.05, 3.63) is 58.1 Å². The van der Waals surface area contributed by atoms with Crippen molar-refractivity contribution in [2.75, 3.05) is 12.4 Å². The third kappa shape index (κ3) is 3.38. The van der Waals surface area contributed by atoms with E-state index in [1.807, 2.05) is 6.92 Å². The number of ether oxygens (including phenoxy) is 1. The van der Waals surface area contributed by atoms with Crippen LogP contribution >= 0.6 is 11.6 Å². The fourth-order valence-electron chi connectivity index (χ4n) is 2.09. The Balaban J connectivity index is 2.27. The van der Waals surface area contributed by atoms with Gasteiger partial charge in [-0.25, -0.2) is 0 Å². The molecule has 2 amide bonds. The van der Waals surface area contributed by atoms with Crippen LogP contribution in [-0.2, 0) is 0 Å². The first-order chi connectivity index (χ1) is 10.4. The van der Waals surface area contributed by atoms with E-state index in [0.717, 1.165) is 5.56 Å². The van der Waals surface area contributed by atoms with Crippen molar-refractivity contribution < 1.29 is 14.3 Å². The third-order valence-corrected chi connectivity index (χ3v) is 3.33. The maximum atomic E-state index is 12.4. The van der Waals surface area contributed by atoms with Gasteiger partial charge in [-0.05, 0) is 48.9 Å². The Morgan fingerprint density at radius 2 is 1.82 bits per heavy atom. The summed E-state index contributed by atoms with van der Waals surface area (Å²) in [5.41, 5.74) is 7.18. The number of nitrogens with two attached hydrogens (primary N) is 1. The van der Waals surface area contributed by atoms with Crippen molar-refractivity contribution >= 4 is 29.1 Å². The zero-order chi connectivity index (χ0) is 16.3. The van der Waals surface area contributed by atoms with Crippen molar-refractivity contribution in [3.8, 4) is 5.75 Å². The number of nitrogens with one attached hydrogen (secondary N) is 1. The SMILES string of the molecule is COc1c(C)cc(Cl)cc1C(=O)Nc1ccc(C(N)=O)cc1. The number of hydrogen-bond acceptors (Lipinski definition) is 3. The van der Waals surface area contributed by atoms with Gasteiger partial charge in [-0.15, -0.1) is 0 Å². The number of aryl methyl sites for hydroxylation is 1. The lowest BCUT2D eigenvalue weighted by molar-refractivity contribution is 0.0998. The molecule has 0 aliphatic carbocycles. The molecule has 0 saturated heterocycles. The maximum absolute atomic E-state index is 12.4. The fraction of sp³-hybridized carbons (Fsp3) is 0.125. The molecule has 0 fully saturated rings. The molecule has 0 atom stereocenters. The number of carbonyl (C=O) groups is 2. The van der Waals surface area contributed by atoms with E-state index in [1.54, 1.807) is 36.4 Å². The molecule has 2 aromatic rings. The number of carbonyl (C=O) groups excluding carboxylic acids is 2. The Hall–Kier alpha value is -2.53. The van der Waals surface area contributed by atoms with Gasteiger partial charge < -0.3 is 15.8 Å². The highest BCUT2D eigenvalue weighted by atomic mass is 35.5. The predicted molar refractivity (Wildman–Crippen MR) is 85.7 cm³/mol. The van der Waals surface area contributed by atoms with Gasteiger partial charge in [-0.2, -0.15) is 0 Å². The van der Waals surface area contributed by atoms with Crippen LogP contribution in [-0.4, -0.2) is 18.9 Å². The highest BCUT2D eigenvalue weighted by Crippen LogP contribution is 2.28. The number of anilines is 1. The van der Waals surface area contributed by atoms with Crippen LogP contribution in [0.2, 0.25) is 5.02 Å². The molecule has 2 aromatic carbocycles. The molecule has 0 spiro atoms. The van der Waals surface area contributed by atoms with E-state index in [2.05, 4.69) is 5.32 Å². The molecular weight excluding hydrogens is 304 g/mol. The zero-order valence-electron chi connectivity index (χ0n) is 12.1. The number of amides is 2.